The van der Waals surface area contributed by atoms with Crippen LogP contribution in [0.1, 0.15) is 41.9 Å². The number of likely N-dealkylation sites (tertiary alicyclic amines) is 1. The summed E-state index contributed by atoms with van der Waals surface area (Å²) in [5.74, 6) is 1.50. The SMILES string of the molecule is OC(COc1ccc2c(c1)CCC2)CN1CCC(c2ccc(-c3ccccc3)cc2)CC1. The van der Waals surface area contributed by atoms with Gasteiger partial charge in [0.1, 0.15) is 18.5 Å². The van der Waals surface area contributed by atoms with Crippen molar-refractivity contribution in [1.29, 1.82) is 0 Å². The highest BCUT2D eigenvalue weighted by Gasteiger charge is 2.22. The van der Waals surface area contributed by atoms with E-state index in [2.05, 4.69) is 71.6 Å². The highest BCUT2D eigenvalue weighted by Crippen LogP contribution is 2.30. The molecule has 0 aromatic heterocycles. The van der Waals surface area contributed by atoms with Crippen molar-refractivity contribution in [1.82, 2.24) is 4.90 Å². The molecule has 32 heavy (non-hydrogen) atoms. The average molecular weight is 428 g/mol. The predicted molar refractivity (Wildman–Crippen MR) is 130 cm³/mol. The van der Waals surface area contributed by atoms with Gasteiger partial charge in [-0.3, -0.25) is 0 Å². The van der Waals surface area contributed by atoms with Crippen molar-refractivity contribution in [2.24, 2.45) is 0 Å². The van der Waals surface area contributed by atoms with E-state index in [9.17, 15) is 5.11 Å². The predicted octanol–water partition coefficient (Wildman–Crippen LogP) is 5.46. The maximum atomic E-state index is 10.5. The Hall–Kier alpha value is -2.62. The largest absolute Gasteiger partial charge is 0.491 e. The second-order valence-corrected chi connectivity index (χ2v) is 9.31. The fourth-order valence-electron chi connectivity index (χ4n) is 5.21. The van der Waals surface area contributed by atoms with E-state index >= 15 is 0 Å². The van der Waals surface area contributed by atoms with Crippen LogP contribution in [0, 0.1) is 0 Å². The number of rotatable bonds is 7. The van der Waals surface area contributed by atoms with Crippen LogP contribution < -0.4 is 4.74 Å². The van der Waals surface area contributed by atoms with Gasteiger partial charge in [0.2, 0.25) is 0 Å². The number of hydrogen-bond donors (Lipinski definition) is 1. The number of aliphatic hydroxyl groups excluding tert-OH is 1. The van der Waals surface area contributed by atoms with Crippen molar-refractivity contribution in [2.75, 3.05) is 26.2 Å². The molecule has 3 aromatic rings. The fraction of sp³-hybridized carbons (Fsp3) is 0.379. The normalized spacial score (nSPS) is 17.8. The van der Waals surface area contributed by atoms with Crippen LogP contribution in [-0.4, -0.2) is 42.4 Å². The Morgan fingerprint density at radius 1 is 0.844 bits per heavy atom. The summed E-state index contributed by atoms with van der Waals surface area (Å²) in [5.41, 5.74) is 6.85. The number of hydrogen-bond acceptors (Lipinski definition) is 3. The Morgan fingerprint density at radius 3 is 2.34 bits per heavy atom. The molecule has 0 radical (unpaired) electrons. The Labute approximate surface area is 191 Å². The Balaban J connectivity index is 1.08. The minimum absolute atomic E-state index is 0.361. The topological polar surface area (TPSA) is 32.7 Å². The average Bonchev–Trinajstić information content (AvgIpc) is 3.32. The quantitative estimate of drug-likeness (QED) is 0.543. The molecule has 1 aliphatic heterocycles. The summed E-state index contributed by atoms with van der Waals surface area (Å²) in [6.07, 6.45) is 5.41. The number of aryl methyl sites for hydroxylation is 2. The molecule has 1 atom stereocenters. The second-order valence-electron chi connectivity index (χ2n) is 9.31. The zero-order chi connectivity index (χ0) is 21.8. The summed E-state index contributed by atoms with van der Waals surface area (Å²) in [4.78, 5) is 2.38. The first-order valence-corrected chi connectivity index (χ1v) is 12.0. The van der Waals surface area contributed by atoms with Crippen LogP contribution in [0.5, 0.6) is 5.75 Å². The van der Waals surface area contributed by atoms with Crippen LogP contribution in [0.4, 0.5) is 0 Å². The molecule has 0 bridgehead atoms. The highest BCUT2D eigenvalue weighted by atomic mass is 16.5. The van der Waals surface area contributed by atoms with Gasteiger partial charge in [0.05, 0.1) is 0 Å². The third kappa shape index (κ3) is 5.06. The van der Waals surface area contributed by atoms with Crippen molar-refractivity contribution in [3.8, 4) is 16.9 Å². The summed E-state index contributed by atoms with van der Waals surface area (Å²) in [6, 6.07) is 26.0. The molecule has 3 nitrogen and oxygen atoms in total. The third-order valence-corrected chi connectivity index (χ3v) is 7.06. The summed E-state index contributed by atoms with van der Waals surface area (Å²) in [5, 5.41) is 10.5. The lowest BCUT2D eigenvalue weighted by Gasteiger charge is -2.33. The Kier molecular flexibility index (Phi) is 6.56. The van der Waals surface area contributed by atoms with E-state index in [1.165, 1.54) is 40.7 Å². The van der Waals surface area contributed by atoms with Crippen molar-refractivity contribution in [2.45, 2.75) is 44.1 Å². The van der Waals surface area contributed by atoms with E-state index < -0.39 is 6.10 Å². The lowest BCUT2D eigenvalue weighted by Crippen LogP contribution is -2.40. The van der Waals surface area contributed by atoms with Crippen molar-refractivity contribution >= 4 is 0 Å². The lowest BCUT2D eigenvalue weighted by atomic mass is 9.88. The van der Waals surface area contributed by atoms with Gasteiger partial charge in [-0.1, -0.05) is 60.7 Å². The van der Waals surface area contributed by atoms with Gasteiger partial charge in [0, 0.05) is 6.54 Å². The van der Waals surface area contributed by atoms with E-state index in [0.29, 0.717) is 19.1 Å². The third-order valence-electron chi connectivity index (χ3n) is 7.06. The smallest absolute Gasteiger partial charge is 0.119 e. The van der Waals surface area contributed by atoms with Crippen molar-refractivity contribution in [3.05, 3.63) is 89.5 Å². The Bertz CT molecular complexity index is 1010. The Morgan fingerprint density at radius 2 is 1.56 bits per heavy atom. The number of piperidine rings is 1. The number of ether oxygens (including phenoxy) is 1. The first-order chi connectivity index (χ1) is 15.7. The summed E-state index contributed by atoms with van der Waals surface area (Å²) in [7, 11) is 0. The zero-order valence-corrected chi connectivity index (χ0v) is 18.7. The maximum Gasteiger partial charge on any atom is 0.119 e. The standard InChI is InChI=1S/C29H33NO2/c31-28(21-32-29-14-13-23-7-4-8-27(23)19-29)20-30-17-15-26(16-18-30)25-11-9-24(10-12-25)22-5-2-1-3-6-22/h1-3,5-6,9-14,19,26,28,31H,4,7-8,15-18,20-21H2. The van der Waals surface area contributed by atoms with Gasteiger partial charge >= 0.3 is 0 Å². The fourth-order valence-corrected chi connectivity index (χ4v) is 5.21. The molecule has 1 heterocycles. The first kappa shape index (κ1) is 21.2. The molecule has 3 aromatic carbocycles. The summed E-state index contributed by atoms with van der Waals surface area (Å²) in [6.45, 7) is 3.10. The minimum atomic E-state index is -0.454. The van der Waals surface area contributed by atoms with Crippen LogP contribution in [0.2, 0.25) is 0 Å². The number of β-amino-alcohol motifs (C(OH)–C–C–N with tert-alkyl or cyclic N) is 1. The van der Waals surface area contributed by atoms with Crippen LogP contribution in [-0.2, 0) is 12.8 Å². The van der Waals surface area contributed by atoms with Crippen molar-refractivity contribution in [3.63, 3.8) is 0 Å². The van der Waals surface area contributed by atoms with Gasteiger partial charge in [0.25, 0.3) is 0 Å². The number of nitrogens with zero attached hydrogens (tertiary/aromatic N) is 1. The molecule has 166 valence electrons. The highest BCUT2D eigenvalue weighted by molar-refractivity contribution is 5.63. The molecule has 1 aliphatic carbocycles. The van der Waals surface area contributed by atoms with Gasteiger partial charge < -0.3 is 14.7 Å². The molecule has 0 amide bonds. The number of aliphatic hydroxyl groups is 1. The molecule has 1 saturated heterocycles. The minimum Gasteiger partial charge on any atom is -0.491 e. The molecule has 1 N–H and O–H groups in total. The molecule has 2 aliphatic rings. The van der Waals surface area contributed by atoms with E-state index in [1.807, 2.05) is 6.07 Å². The zero-order valence-electron chi connectivity index (χ0n) is 18.7. The van der Waals surface area contributed by atoms with Crippen LogP contribution in [0.25, 0.3) is 11.1 Å². The molecule has 1 unspecified atom stereocenters. The van der Waals surface area contributed by atoms with Crippen LogP contribution in [0.3, 0.4) is 0 Å². The summed E-state index contributed by atoms with van der Waals surface area (Å²) >= 11 is 0. The van der Waals surface area contributed by atoms with Gasteiger partial charge in [-0.25, -0.2) is 0 Å². The van der Waals surface area contributed by atoms with E-state index in [0.717, 1.165) is 38.1 Å². The monoisotopic (exact) mass is 427 g/mol. The number of benzene rings is 3. The molecule has 1 fully saturated rings. The number of fused-ring (bicyclic) bond motifs is 1. The van der Waals surface area contributed by atoms with Gasteiger partial charge in [-0.15, -0.1) is 0 Å². The summed E-state index contributed by atoms with van der Waals surface area (Å²) < 4.78 is 5.90. The van der Waals surface area contributed by atoms with Crippen molar-refractivity contribution < 1.29 is 9.84 Å². The van der Waals surface area contributed by atoms with Gasteiger partial charge in [-0.05, 0) is 91.1 Å². The molecule has 0 spiro atoms. The van der Waals surface area contributed by atoms with Gasteiger partial charge in [0.15, 0.2) is 0 Å². The molecular weight excluding hydrogens is 394 g/mol. The van der Waals surface area contributed by atoms with Gasteiger partial charge in [-0.2, -0.15) is 0 Å². The molecule has 5 rings (SSSR count). The maximum absolute atomic E-state index is 10.5. The molecular formula is C29H33NO2. The molecule has 0 saturated carbocycles. The first-order valence-electron chi connectivity index (χ1n) is 12.0. The lowest BCUT2D eigenvalue weighted by molar-refractivity contribution is 0.0594. The van der Waals surface area contributed by atoms with E-state index in [-0.39, 0.29) is 0 Å². The van der Waals surface area contributed by atoms with Crippen LogP contribution >= 0.6 is 0 Å². The van der Waals surface area contributed by atoms with E-state index in [4.69, 9.17) is 4.74 Å². The van der Waals surface area contributed by atoms with Crippen LogP contribution in [0.15, 0.2) is 72.8 Å². The second kappa shape index (κ2) is 9.89. The van der Waals surface area contributed by atoms with E-state index in [1.54, 1.807) is 0 Å². The molecule has 3 heteroatoms.